The molecule has 162 valence electrons. The van der Waals surface area contributed by atoms with Gasteiger partial charge in [-0.2, -0.15) is 5.43 Å². The molecular formula is C22H30N3O5+. The Bertz CT molecular complexity index is 855. The fourth-order valence-corrected chi connectivity index (χ4v) is 2.95. The molecule has 2 N–H and O–H groups in total. The Morgan fingerprint density at radius 2 is 1.73 bits per heavy atom. The molecule has 2 aromatic rings. The number of nitrogens with one attached hydrogen (secondary N) is 2. The maximum absolute atomic E-state index is 12.8. The lowest BCUT2D eigenvalue weighted by molar-refractivity contribution is -0.927. The van der Waals surface area contributed by atoms with Crippen molar-refractivity contribution in [2.75, 3.05) is 40.2 Å². The van der Waals surface area contributed by atoms with Crippen LogP contribution in [-0.4, -0.2) is 57.6 Å². The van der Waals surface area contributed by atoms with Gasteiger partial charge in [0.1, 0.15) is 18.0 Å². The van der Waals surface area contributed by atoms with Crippen molar-refractivity contribution in [3.05, 3.63) is 54.1 Å². The van der Waals surface area contributed by atoms with Gasteiger partial charge in [-0.25, -0.2) is 9.39 Å². The van der Waals surface area contributed by atoms with Crippen LogP contribution < -0.4 is 20.2 Å². The quantitative estimate of drug-likeness (QED) is 0.483. The van der Waals surface area contributed by atoms with Crippen molar-refractivity contribution >= 4 is 17.7 Å². The first-order valence-electron chi connectivity index (χ1n) is 9.68. The standard InChI is InChI=1S/C22H29N3O5/c1-6-17(30-22(27)23-16-10-8-7-9-11-16)15-25(2,3)24-21(26)19-13-12-18(28-4)14-20(19)29-5/h7-14,17H,6,15H2,1-5H3,(H-,23,24,26,27)/p+1. The fraction of sp³-hybridized carbons (Fsp3) is 0.364. The molecule has 0 aromatic heterocycles. The highest BCUT2D eigenvalue weighted by Gasteiger charge is 2.28. The Kier molecular flexibility index (Phi) is 8.06. The number of hydrogen-bond acceptors (Lipinski definition) is 5. The number of nitrogens with zero attached hydrogens (tertiary/aromatic N) is 1. The molecule has 0 bridgehead atoms. The van der Waals surface area contributed by atoms with Crippen molar-refractivity contribution in [3.63, 3.8) is 0 Å². The number of anilines is 1. The minimum atomic E-state index is -0.531. The van der Waals surface area contributed by atoms with Crippen LogP contribution in [0.25, 0.3) is 0 Å². The van der Waals surface area contributed by atoms with Gasteiger partial charge >= 0.3 is 6.09 Å². The number of carbonyl (C=O) groups is 2. The zero-order chi connectivity index (χ0) is 22.1. The van der Waals surface area contributed by atoms with E-state index in [0.717, 1.165) is 0 Å². The Labute approximate surface area is 177 Å². The smallest absolute Gasteiger partial charge is 0.412 e. The van der Waals surface area contributed by atoms with E-state index >= 15 is 0 Å². The molecule has 0 aliphatic heterocycles. The van der Waals surface area contributed by atoms with Crippen molar-refractivity contribution in [1.82, 2.24) is 5.43 Å². The number of hydrogen-bond donors (Lipinski definition) is 2. The number of ether oxygens (including phenoxy) is 3. The van der Waals surface area contributed by atoms with E-state index in [1.807, 2.05) is 39.2 Å². The SMILES string of the molecule is CCC(C[N+](C)(C)NC(=O)c1ccc(OC)cc1OC)OC(=O)Nc1ccccc1. The molecule has 0 heterocycles. The highest BCUT2D eigenvalue weighted by molar-refractivity contribution is 5.96. The van der Waals surface area contributed by atoms with Crippen LogP contribution in [0.5, 0.6) is 11.5 Å². The predicted octanol–water partition coefficient (Wildman–Crippen LogP) is 3.45. The summed E-state index contributed by atoms with van der Waals surface area (Å²) >= 11 is 0. The summed E-state index contributed by atoms with van der Waals surface area (Å²) in [4.78, 5) is 25.0. The van der Waals surface area contributed by atoms with Gasteiger partial charge < -0.3 is 14.2 Å². The summed E-state index contributed by atoms with van der Waals surface area (Å²) < 4.78 is 16.1. The van der Waals surface area contributed by atoms with Gasteiger partial charge in [-0.05, 0) is 30.7 Å². The fourth-order valence-electron chi connectivity index (χ4n) is 2.95. The number of quaternary nitrogens is 1. The molecule has 0 aliphatic rings. The molecule has 2 aromatic carbocycles. The van der Waals surface area contributed by atoms with Crippen molar-refractivity contribution in [2.45, 2.75) is 19.4 Å². The number of likely N-dealkylation sites (N-methyl/N-ethyl adjacent to an activating group) is 1. The van der Waals surface area contributed by atoms with Crippen LogP contribution in [0.3, 0.4) is 0 Å². The number of methoxy groups -OCH3 is 2. The molecule has 1 unspecified atom stereocenters. The van der Waals surface area contributed by atoms with Crippen LogP contribution in [0.2, 0.25) is 0 Å². The van der Waals surface area contributed by atoms with E-state index in [1.165, 1.54) is 7.11 Å². The molecule has 0 saturated carbocycles. The topological polar surface area (TPSA) is 85.9 Å². The van der Waals surface area contributed by atoms with Crippen molar-refractivity contribution in [3.8, 4) is 11.5 Å². The average Bonchev–Trinajstić information content (AvgIpc) is 2.72. The molecule has 0 radical (unpaired) electrons. The Morgan fingerprint density at radius 3 is 2.33 bits per heavy atom. The largest absolute Gasteiger partial charge is 0.497 e. The van der Waals surface area contributed by atoms with Gasteiger partial charge in [-0.3, -0.25) is 10.1 Å². The minimum absolute atomic E-state index is 0.116. The zero-order valence-corrected chi connectivity index (χ0v) is 18.1. The molecule has 0 spiro atoms. The third-order valence-corrected chi connectivity index (χ3v) is 4.47. The third kappa shape index (κ3) is 6.66. The number of rotatable bonds is 9. The number of amides is 2. The van der Waals surface area contributed by atoms with E-state index in [4.69, 9.17) is 14.2 Å². The van der Waals surface area contributed by atoms with Gasteiger partial charge in [0.05, 0.1) is 33.9 Å². The van der Waals surface area contributed by atoms with Gasteiger partial charge in [-0.1, -0.05) is 25.1 Å². The van der Waals surface area contributed by atoms with Crippen molar-refractivity contribution in [1.29, 1.82) is 0 Å². The number of para-hydroxylation sites is 1. The summed E-state index contributed by atoms with van der Waals surface area (Å²) in [7, 11) is 6.70. The summed E-state index contributed by atoms with van der Waals surface area (Å²) in [6.07, 6.45) is -0.316. The first-order chi connectivity index (χ1) is 14.3. The van der Waals surface area contributed by atoms with Gasteiger partial charge in [0, 0.05) is 11.8 Å². The second-order valence-corrected chi connectivity index (χ2v) is 7.30. The van der Waals surface area contributed by atoms with Crippen LogP contribution in [0.4, 0.5) is 10.5 Å². The normalized spacial score (nSPS) is 11.9. The van der Waals surface area contributed by atoms with Crippen LogP contribution in [0, 0.1) is 0 Å². The van der Waals surface area contributed by atoms with E-state index in [1.54, 1.807) is 37.4 Å². The number of benzene rings is 2. The summed E-state index contributed by atoms with van der Waals surface area (Å²) in [6, 6.07) is 14.1. The van der Waals surface area contributed by atoms with Crippen LogP contribution in [-0.2, 0) is 4.74 Å². The summed E-state index contributed by atoms with van der Waals surface area (Å²) in [5.41, 5.74) is 3.99. The molecule has 8 heteroatoms. The molecule has 0 aliphatic carbocycles. The maximum Gasteiger partial charge on any atom is 0.412 e. The van der Waals surface area contributed by atoms with Crippen LogP contribution in [0.15, 0.2) is 48.5 Å². The van der Waals surface area contributed by atoms with Gasteiger partial charge in [0.15, 0.2) is 6.10 Å². The molecule has 0 saturated heterocycles. The van der Waals surface area contributed by atoms with Crippen molar-refractivity contribution < 1.29 is 28.4 Å². The summed E-state index contributed by atoms with van der Waals surface area (Å²) in [5, 5.41) is 2.70. The number of carbonyl (C=O) groups excluding carboxylic acids is 2. The highest BCUT2D eigenvalue weighted by Crippen LogP contribution is 2.24. The first-order valence-corrected chi connectivity index (χ1v) is 9.68. The zero-order valence-electron chi connectivity index (χ0n) is 18.1. The molecule has 1 atom stereocenters. The van der Waals surface area contributed by atoms with E-state index in [2.05, 4.69) is 10.7 Å². The van der Waals surface area contributed by atoms with Crippen LogP contribution in [0.1, 0.15) is 23.7 Å². The van der Waals surface area contributed by atoms with Crippen molar-refractivity contribution in [2.24, 2.45) is 0 Å². The van der Waals surface area contributed by atoms with E-state index in [0.29, 0.717) is 35.7 Å². The monoisotopic (exact) mass is 416 g/mol. The second kappa shape index (κ2) is 10.5. The average molecular weight is 416 g/mol. The Hall–Kier alpha value is -3.26. The van der Waals surface area contributed by atoms with Gasteiger partial charge in [-0.15, -0.1) is 0 Å². The Balaban J connectivity index is 2.00. The van der Waals surface area contributed by atoms with E-state index in [9.17, 15) is 9.59 Å². The highest BCUT2D eigenvalue weighted by atomic mass is 16.6. The van der Waals surface area contributed by atoms with E-state index in [-0.39, 0.29) is 16.6 Å². The lowest BCUT2D eigenvalue weighted by Crippen LogP contribution is -2.58. The summed E-state index contributed by atoms with van der Waals surface area (Å²) in [6.45, 7) is 2.32. The molecular weight excluding hydrogens is 386 g/mol. The summed E-state index contributed by atoms with van der Waals surface area (Å²) in [5.74, 6) is 0.710. The Morgan fingerprint density at radius 1 is 1.03 bits per heavy atom. The van der Waals surface area contributed by atoms with Gasteiger partial charge in [0.25, 0.3) is 5.91 Å². The predicted molar refractivity (Wildman–Crippen MR) is 115 cm³/mol. The molecule has 30 heavy (non-hydrogen) atoms. The lowest BCUT2D eigenvalue weighted by atomic mass is 10.2. The first kappa shape index (κ1) is 23.0. The van der Waals surface area contributed by atoms with Crippen LogP contribution >= 0.6 is 0 Å². The molecule has 0 fully saturated rings. The molecule has 8 nitrogen and oxygen atoms in total. The third-order valence-electron chi connectivity index (χ3n) is 4.47. The van der Waals surface area contributed by atoms with Gasteiger partial charge in [0.2, 0.25) is 0 Å². The van der Waals surface area contributed by atoms with E-state index < -0.39 is 6.09 Å². The second-order valence-electron chi connectivity index (χ2n) is 7.30. The lowest BCUT2D eigenvalue weighted by Gasteiger charge is -2.32. The minimum Gasteiger partial charge on any atom is -0.497 e. The molecule has 2 rings (SSSR count). The maximum atomic E-state index is 12.8. The molecule has 2 amide bonds.